The molecule has 1 saturated heterocycles. The van der Waals surface area contributed by atoms with Gasteiger partial charge in [-0.15, -0.1) is 0 Å². The fourth-order valence-corrected chi connectivity index (χ4v) is 3.10. The number of nitrogens with two attached hydrogens (primary N) is 1. The minimum absolute atomic E-state index is 0.226. The third kappa shape index (κ3) is 5.85. The number of rotatable bonds is 7. The van der Waals surface area contributed by atoms with Crippen LogP contribution >= 0.6 is 0 Å². The lowest BCUT2D eigenvalue weighted by molar-refractivity contribution is -0.917. The van der Waals surface area contributed by atoms with E-state index < -0.39 is 6.03 Å². The molecule has 0 radical (unpaired) electrons. The van der Waals surface area contributed by atoms with Crippen molar-refractivity contribution in [2.24, 2.45) is 5.73 Å². The van der Waals surface area contributed by atoms with Crippen molar-refractivity contribution in [3.8, 4) is 0 Å². The van der Waals surface area contributed by atoms with Crippen LogP contribution in [0.3, 0.4) is 0 Å². The Morgan fingerprint density at radius 2 is 1.92 bits per heavy atom. The summed E-state index contributed by atoms with van der Waals surface area (Å²) in [6.45, 7) is 7.40. The summed E-state index contributed by atoms with van der Waals surface area (Å²) >= 11 is 0. The summed E-state index contributed by atoms with van der Waals surface area (Å²) < 4.78 is 0. The molecule has 2 rings (SSSR count). The number of nitrogens with zero attached hydrogens (tertiary/aromatic N) is 1. The van der Waals surface area contributed by atoms with Gasteiger partial charge in [0, 0.05) is 18.5 Å². The number of quaternary nitrogens is 1. The summed E-state index contributed by atoms with van der Waals surface area (Å²) in [6.07, 6.45) is 2.12. The van der Waals surface area contributed by atoms with E-state index in [9.17, 15) is 9.59 Å². The number of urea groups is 1. The highest BCUT2D eigenvalue weighted by atomic mass is 16.2. The molecule has 0 aliphatic carbocycles. The summed E-state index contributed by atoms with van der Waals surface area (Å²) in [5, 5.41) is 2.54. The number of hydrogen-bond donors (Lipinski definition) is 3. The Balaban J connectivity index is 1.66. The number of aryl methyl sites for hydroxylation is 1. The normalized spacial score (nSPS) is 15.3. The van der Waals surface area contributed by atoms with Crippen molar-refractivity contribution in [3.05, 3.63) is 35.4 Å². The van der Waals surface area contributed by atoms with Gasteiger partial charge < -0.3 is 20.9 Å². The minimum atomic E-state index is -0.505. The molecule has 1 aliphatic rings. The third-order valence-corrected chi connectivity index (χ3v) is 4.64. The van der Waals surface area contributed by atoms with Crippen molar-refractivity contribution in [3.63, 3.8) is 0 Å². The topological polar surface area (TPSA) is 79.9 Å². The second kappa shape index (κ2) is 9.27. The molecule has 0 saturated carbocycles. The molecule has 1 heterocycles. The fraction of sp³-hybridized carbons (Fsp3) is 0.556. The fourth-order valence-electron chi connectivity index (χ4n) is 3.10. The maximum atomic E-state index is 12.2. The SMILES string of the molecule is Cc1ccccc1C[NH+]1CCN(C(=O)CCCCNC(N)=O)CC1. The van der Waals surface area contributed by atoms with Gasteiger partial charge in [0.2, 0.25) is 5.91 Å². The quantitative estimate of drug-likeness (QED) is 0.617. The van der Waals surface area contributed by atoms with E-state index in [1.54, 1.807) is 4.90 Å². The largest absolute Gasteiger partial charge is 0.352 e. The number of carbonyl (C=O) groups is 2. The molecule has 132 valence electrons. The number of primary amides is 1. The Kier molecular flexibility index (Phi) is 7.06. The Morgan fingerprint density at radius 1 is 1.21 bits per heavy atom. The molecule has 0 bridgehead atoms. The van der Waals surface area contributed by atoms with Gasteiger partial charge in [0.1, 0.15) is 6.54 Å². The molecule has 1 aromatic carbocycles. The van der Waals surface area contributed by atoms with Crippen LogP contribution in [-0.2, 0) is 11.3 Å². The van der Waals surface area contributed by atoms with E-state index in [1.807, 2.05) is 4.90 Å². The molecular weight excluding hydrogens is 304 g/mol. The maximum absolute atomic E-state index is 12.2. The average Bonchev–Trinajstić information content (AvgIpc) is 2.57. The van der Waals surface area contributed by atoms with Crippen LogP contribution in [0.5, 0.6) is 0 Å². The predicted molar refractivity (Wildman–Crippen MR) is 93.6 cm³/mol. The van der Waals surface area contributed by atoms with Crippen LogP contribution in [-0.4, -0.2) is 49.6 Å². The van der Waals surface area contributed by atoms with Crippen LogP contribution in [0.2, 0.25) is 0 Å². The molecule has 1 aliphatic heterocycles. The van der Waals surface area contributed by atoms with Gasteiger partial charge in [0.05, 0.1) is 26.2 Å². The summed E-state index contributed by atoms with van der Waals surface area (Å²) in [4.78, 5) is 26.3. The summed E-state index contributed by atoms with van der Waals surface area (Å²) in [7, 11) is 0. The molecule has 0 aromatic heterocycles. The van der Waals surface area contributed by atoms with Crippen LogP contribution in [0.1, 0.15) is 30.4 Å². The van der Waals surface area contributed by atoms with Crippen molar-refractivity contribution in [1.82, 2.24) is 10.2 Å². The molecule has 6 nitrogen and oxygen atoms in total. The third-order valence-electron chi connectivity index (χ3n) is 4.64. The molecule has 6 heteroatoms. The predicted octanol–water partition coefficient (Wildman–Crippen LogP) is 0.0607. The Labute approximate surface area is 144 Å². The van der Waals surface area contributed by atoms with E-state index in [-0.39, 0.29) is 5.91 Å². The van der Waals surface area contributed by atoms with Crippen LogP contribution in [0.25, 0.3) is 0 Å². The first-order valence-electron chi connectivity index (χ1n) is 8.75. The van der Waals surface area contributed by atoms with Gasteiger partial charge in [-0.3, -0.25) is 4.79 Å². The van der Waals surface area contributed by atoms with Crippen molar-refractivity contribution in [1.29, 1.82) is 0 Å². The zero-order chi connectivity index (χ0) is 17.4. The molecule has 0 atom stereocenters. The van der Waals surface area contributed by atoms with Gasteiger partial charge in [-0.2, -0.15) is 0 Å². The average molecular weight is 333 g/mol. The van der Waals surface area contributed by atoms with Crippen molar-refractivity contribution in [2.45, 2.75) is 32.7 Å². The zero-order valence-electron chi connectivity index (χ0n) is 14.5. The first kappa shape index (κ1) is 18.3. The summed E-state index contributed by atoms with van der Waals surface area (Å²) in [5.74, 6) is 0.226. The maximum Gasteiger partial charge on any atom is 0.312 e. The number of hydrogen-bond acceptors (Lipinski definition) is 2. The summed E-state index contributed by atoms with van der Waals surface area (Å²) in [6, 6.07) is 8.01. The highest BCUT2D eigenvalue weighted by molar-refractivity contribution is 5.76. The van der Waals surface area contributed by atoms with Gasteiger partial charge in [-0.25, -0.2) is 4.79 Å². The van der Waals surface area contributed by atoms with E-state index >= 15 is 0 Å². The number of amides is 3. The van der Waals surface area contributed by atoms with Gasteiger partial charge in [0.15, 0.2) is 0 Å². The van der Waals surface area contributed by atoms with Gasteiger partial charge in [-0.1, -0.05) is 24.3 Å². The Morgan fingerprint density at radius 3 is 2.58 bits per heavy atom. The van der Waals surface area contributed by atoms with Crippen molar-refractivity contribution < 1.29 is 14.5 Å². The minimum Gasteiger partial charge on any atom is -0.352 e. The van der Waals surface area contributed by atoms with Crippen molar-refractivity contribution in [2.75, 3.05) is 32.7 Å². The van der Waals surface area contributed by atoms with Crippen LogP contribution in [0.4, 0.5) is 4.79 Å². The molecule has 0 unspecified atom stereocenters. The van der Waals surface area contributed by atoms with E-state index in [0.717, 1.165) is 45.6 Å². The monoisotopic (exact) mass is 333 g/mol. The van der Waals surface area contributed by atoms with Crippen LogP contribution < -0.4 is 16.0 Å². The number of nitrogens with one attached hydrogen (secondary N) is 2. The lowest BCUT2D eigenvalue weighted by atomic mass is 10.1. The molecule has 1 fully saturated rings. The first-order chi connectivity index (χ1) is 11.6. The molecule has 24 heavy (non-hydrogen) atoms. The van der Waals surface area contributed by atoms with Gasteiger partial charge >= 0.3 is 6.03 Å². The number of benzene rings is 1. The van der Waals surface area contributed by atoms with E-state index in [1.165, 1.54) is 11.1 Å². The van der Waals surface area contributed by atoms with Crippen molar-refractivity contribution >= 4 is 11.9 Å². The Bertz CT molecular complexity index is 554. The number of carbonyl (C=O) groups excluding carboxylic acids is 2. The standard InChI is InChI=1S/C18H28N4O2/c1-15-6-2-3-7-16(15)14-21-10-12-22(13-11-21)17(23)8-4-5-9-20-18(19)24/h2-3,6-7H,4-5,8-14H2,1H3,(H3,19,20,24)/p+1. The molecule has 0 spiro atoms. The number of unbranched alkanes of at least 4 members (excludes halogenated alkanes) is 1. The van der Waals surface area contributed by atoms with E-state index in [0.29, 0.717) is 13.0 Å². The van der Waals surface area contributed by atoms with Crippen LogP contribution in [0, 0.1) is 6.92 Å². The van der Waals surface area contributed by atoms with E-state index in [4.69, 9.17) is 5.73 Å². The van der Waals surface area contributed by atoms with Gasteiger partial charge in [-0.05, 0) is 25.3 Å². The second-order valence-corrected chi connectivity index (χ2v) is 6.48. The molecule has 3 amide bonds. The zero-order valence-corrected chi connectivity index (χ0v) is 14.5. The van der Waals surface area contributed by atoms with Gasteiger partial charge in [0.25, 0.3) is 0 Å². The lowest BCUT2D eigenvalue weighted by Crippen LogP contribution is -3.13. The highest BCUT2D eigenvalue weighted by Gasteiger charge is 2.23. The lowest BCUT2D eigenvalue weighted by Gasteiger charge is -2.32. The van der Waals surface area contributed by atoms with E-state index in [2.05, 4.69) is 36.5 Å². The molecule has 4 N–H and O–H groups in total. The highest BCUT2D eigenvalue weighted by Crippen LogP contribution is 2.06. The number of piperazine rings is 1. The summed E-state index contributed by atoms with van der Waals surface area (Å²) in [5.41, 5.74) is 7.74. The second-order valence-electron chi connectivity index (χ2n) is 6.48. The molecular formula is C18H29N4O2+. The Hall–Kier alpha value is -2.08. The molecule has 1 aromatic rings. The smallest absolute Gasteiger partial charge is 0.312 e. The van der Waals surface area contributed by atoms with Crippen LogP contribution in [0.15, 0.2) is 24.3 Å². The first-order valence-corrected chi connectivity index (χ1v) is 8.75.